The van der Waals surface area contributed by atoms with E-state index in [4.69, 9.17) is 0 Å². The zero-order valence-corrected chi connectivity index (χ0v) is 7.59. The van der Waals surface area contributed by atoms with Gasteiger partial charge in [-0.3, -0.25) is 4.79 Å². The molecule has 0 amide bonds. The minimum absolute atomic E-state index is 0.288. The lowest BCUT2D eigenvalue weighted by Gasteiger charge is -2.07. The molecular formula is C10H9F2O2. The average Bonchev–Trinajstić information content (AvgIpc) is 2.12. The van der Waals surface area contributed by atoms with Crippen LogP contribution in [0.5, 0.6) is 0 Å². The zero-order valence-electron chi connectivity index (χ0n) is 7.59. The molecule has 2 nitrogen and oxygen atoms in total. The second-order valence-electron chi connectivity index (χ2n) is 2.84. The van der Waals surface area contributed by atoms with Crippen LogP contribution in [-0.2, 0) is 16.0 Å². The summed E-state index contributed by atoms with van der Waals surface area (Å²) < 4.78 is 29.8. The van der Waals surface area contributed by atoms with Gasteiger partial charge in [-0.15, -0.1) is 0 Å². The van der Waals surface area contributed by atoms with Crippen molar-refractivity contribution < 1.29 is 18.3 Å². The van der Waals surface area contributed by atoms with Crippen LogP contribution < -0.4 is 0 Å². The van der Waals surface area contributed by atoms with E-state index in [0.717, 1.165) is 12.1 Å². The molecule has 0 aliphatic rings. The third-order valence-electron chi connectivity index (χ3n) is 1.69. The first-order valence-electron chi connectivity index (χ1n) is 4.00. The van der Waals surface area contributed by atoms with Gasteiger partial charge >= 0.3 is 0 Å². The fraction of sp³-hybridized carbons (Fsp3) is 0.200. The van der Waals surface area contributed by atoms with Crippen LogP contribution in [0, 0.1) is 17.7 Å². The van der Waals surface area contributed by atoms with E-state index in [-0.39, 0.29) is 6.42 Å². The minimum Gasteiger partial charge on any atom is -0.457 e. The fourth-order valence-electron chi connectivity index (χ4n) is 1.06. The molecule has 0 aromatic heterocycles. The number of halogens is 2. The summed E-state index contributed by atoms with van der Waals surface area (Å²) in [5.41, 5.74) is 0.559. The highest BCUT2D eigenvalue weighted by Crippen LogP contribution is 2.14. The number of rotatable bonds is 4. The maximum atomic E-state index is 12.7. The molecule has 0 aliphatic carbocycles. The Balaban J connectivity index is 2.67. The number of ether oxygens (including phenoxy) is 1. The lowest BCUT2D eigenvalue weighted by atomic mass is 10.1. The van der Waals surface area contributed by atoms with Crippen LogP contribution in [0.4, 0.5) is 8.78 Å². The molecule has 1 aromatic carbocycles. The Kier molecular flexibility index (Phi) is 3.56. The molecule has 1 radical (unpaired) electrons. The lowest BCUT2D eigenvalue weighted by Crippen LogP contribution is -2.02. The van der Waals surface area contributed by atoms with Crippen molar-refractivity contribution in [3.63, 3.8) is 0 Å². The van der Waals surface area contributed by atoms with E-state index < -0.39 is 11.6 Å². The van der Waals surface area contributed by atoms with Gasteiger partial charge in [0, 0.05) is 6.42 Å². The van der Waals surface area contributed by atoms with Gasteiger partial charge in [0.25, 0.3) is 6.47 Å². The molecule has 0 heterocycles. The number of hydrogen-bond donors (Lipinski definition) is 0. The van der Waals surface area contributed by atoms with E-state index >= 15 is 0 Å². The summed E-state index contributed by atoms with van der Waals surface area (Å²) in [5, 5.41) is 0. The minimum atomic E-state index is -0.901. The van der Waals surface area contributed by atoms with Crippen LogP contribution in [0.1, 0.15) is 12.5 Å². The molecule has 0 bridgehead atoms. The van der Waals surface area contributed by atoms with E-state index in [1.54, 1.807) is 6.92 Å². The van der Waals surface area contributed by atoms with Crippen LogP contribution in [-0.4, -0.2) is 6.47 Å². The number of hydrogen-bond acceptors (Lipinski definition) is 2. The largest absolute Gasteiger partial charge is 0.457 e. The molecule has 0 aliphatic heterocycles. The van der Waals surface area contributed by atoms with Crippen molar-refractivity contribution in [2.45, 2.75) is 13.3 Å². The SMILES string of the molecule is C[C](Cc1ccc(F)c(F)c1)OC=O. The standard InChI is InChI=1S/C10H9F2O2/c1-7(14-6-13)4-8-2-3-9(11)10(12)5-8/h2-3,5-6H,4H2,1H3. The van der Waals surface area contributed by atoms with Gasteiger partial charge in [0.15, 0.2) is 17.7 Å². The highest BCUT2D eigenvalue weighted by molar-refractivity contribution is 5.39. The average molecular weight is 199 g/mol. The zero-order chi connectivity index (χ0) is 10.6. The van der Waals surface area contributed by atoms with Crippen LogP contribution in [0.25, 0.3) is 0 Å². The number of benzene rings is 1. The first-order chi connectivity index (χ1) is 6.63. The van der Waals surface area contributed by atoms with Gasteiger partial charge in [0.2, 0.25) is 0 Å². The molecule has 14 heavy (non-hydrogen) atoms. The summed E-state index contributed by atoms with van der Waals surface area (Å²) in [4.78, 5) is 9.95. The molecule has 1 aromatic rings. The topological polar surface area (TPSA) is 26.3 Å². The van der Waals surface area contributed by atoms with Crippen LogP contribution in [0.3, 0.4) is 0 Å². The van der Waals surface area contributed by atoms with Gasteiger partial charge in [-0.2, -0.15) is 0 Å². The Morgan fingerprint density at radius 1 is 1.43 bits per heavy atom. The Hall–Kier alpha value is -1.45. The van der Waals surface area contributed by atoms with Crippen LogP contribution in [0.2, 0.25) is 0 Å². The van der Waals surface area contributed by atoms with E-state index in [0.29, 0.717) is 18.1 Å². The summed E-state index contributed by atoms with van der Waals surface area (Å²) in [6, 6.07) is 3.56. The lowest BCUT2D eigenvalue weighted by molar-refractivity contribution is -0.127. The normalized spacial score (nSPS) is 10.3. The highest BCUT2D eigenvalue weighted by Gasteiger charge is 2.08. The Morgan fingerprint density at radius 2 is 2.14 bits per heavy atom. The predicted octanol–water partition coefficient (Wildman–Crippen LogP) is 2.23. The van der Waals surface area contributed by atoms with Crippen molar-refractivity contribution in [2.24, 2.45) is 0 Å². The molecule has 0 atom stereocenters. The maximum absolute atomic E-state index is 12.7. The van der Waals surface area contributed by atoms with Gasteiger partial charge in [-0.25, -0.2) is 8.78 Å². The second kappa shape index (κ2) is 4.69. The van der Waals surface area contributed by atoms with Gasteiger partial charge in [0.05, 0.1) is 0 Å². The molecule has 75 valence electrons. The van der Waals surface area contributed by atoms with E-state index in [9.17, 15) is 13.6 Å². The first-order valence-corrected chi connectivity index (χ1v) is 4.00. The quantitative estimate of drug-likeness (QED) is 0.695. The van der Waals surface area contributed by atoms with Crippen molar-refractivity contribution in [3.8, 4) is 0 Å². The molecule has 0 unspecified atom stereocenters. The third-order valence-corrected chi connectivity index (χ3v) is 1.69. The molecule has 4 heteroatoms. The first kappa shape index (κ1) is 10.6. The van der Waals surface area contributed by atoms with Gasteiger partial charge in [-0.1, -0.05) is 6.07 Å². The summed E-state index contributed by atoms with van der Waals surface area (Å²) in [6.45, 7) is 1.89. The smallest absolute Gasteiger partial charge is 0.293 e. The predicted molar refractivity (Wildman–Crippen MR) is 46.1 cm³/mol. The highest BCUT2D eigenvalue weighted by atomic mass is 19.2. The Morgan fingerprint density at radius 3 is 2.71 bits per heavy atom. The van der Waals surface area contributed by atoms with Crippen LogP contribution in [0.15, 0.2) is 18.2 Å². The molecule has 0 saturated heterocycles. The number of carbonyl (C=O) groups is 1. The molecule has 0 N–H and O–H groups in total. The molecule has 0 fully saturated rings. The summed E-state index contributed by atoms with van der Waals surface area (Å²) in [6.07, 6.45) is 0.724. The molecule has 1 rings (SSSR count). The monoisotopic (exact) mass is 199 g/mol. The van der Waals surface area contributed by atoms with Gasteiger partial charge in [-0.05, 0) is 24.6 Å². The Bertz CT molecular complexity index is 326. The summed E-state index contributed by atoms with van der Waals surface area (Å²) in [7, 11) is 0. The van der Waals surface area contributed by atoms with Crippen molar-refractivity contribution in [3.05, 3.63) is 41.5 Å². The Labute approximate surface area is 80.5 Å². The summed E-state index contributed by atoms with van der Waals surface area (Å²) in [5.74, 6) is -1.79. The molecule has 0 spiro atoms. The fourth-order valence-corrected chi connectivity index (χ4v) is 1.06. The van der Waals surface area contributed by atoms with E-state index in [1.807, 2.05) is 0 Å². The summed E-state index contributed by atoms with van der Waals surface area (Å²) >= 11 is 0. The van der Waals surface area contributed by atoms with Crippen molar-refractivity contribution in [2.75, 3.05) is 0 Å². The molecule has 0 saturated carbocycles. The van der Waals surface area contributed by atoms with Crippen molar-refractivity contribution in [1.82, 2.24) is 0 Å². The van der Waals surface area contributed by atoms with E-state index in [2.05, 4.69) is 4.74 Å². The van der Waals surface area contributed by atoms with Crippen molar-refractivity contribution >= 4 is 6.47 Å². The van der Waals surface area contributed by atoms with Gasteiger partial charge in [0.1, 0.15) is 0 Å². The maximum Gasteiger partial charge on any atom is 0.293 e. The van der Waals surface area contributed by atoms with Crippen LogP contribution >= 0.6 is 0 Å². The van der Waals surface area contributed by atoms with E-state index in [1.165, 1.54) is 6.07 Å². The van der Waals surface area contributed by atoms with Gasteiger partial charge < -0.3 is 4.74 Å². The number of carbonyl (C=O) groups excluding carboxylic acids is 1. The third kappa shape index (κ3) is 2.80. The molecular weight excluding hydrogens is 190 g/mol. The second-order valence-corrected chi connectivity index (χ2v) is 2.84. The van der Waals surface area contributed by atoms with Crippen molar-refractivity contribution in [1.29, 1.82) is 0 Å².